The Morgan fingerprint density at radius 1 is 1.33 bits per heavy atom. The first-order valence-electron chi connectivity index (χ1n) is 8.34. The largest absolute Gasteiger partial charge is 0.349 e. The second-order valence-electron chi connectivity index (χ2n) is 6.51. The quantitative estimate of drug-likeness (QED) is 0.936. The minimum atomic E-state index is -0.0739. The van der Waals surface area contributed by atoms with Crippen LogP contribution in [0.1, 0.15) is 44.7 Å². The van der Waals surface area contributed by atoms with Crippen molar-refractivity contribution >= 4 is 11.7 Å². The molecule has 0 radical (unpaired) electrons. The van der Waals surface area contributed by atoms with Gasteiger partial charge in [0, 0.05) is 18.3 Å². The van der Waals surface area contributed by atoms with Gasteiger partial charge in [0.1, 0.15) is 5.78 Å². The van der Waals surface area contributed by atoms with Crippen LogP contribution in [0, 0.1) is 11.8 Å². The van der Waals surface area contributed by atoms with E-state index in [0.717, 1.165) is 11.3 Å². The lowest BCUT2D eigenvalue weighted by Crippen LogP contribution is -2.37. The van der Waals surface area contributed by atoms with Gasteiger partial charge in [-0.25, -0.2) is 4.68 Å². The van der Waals surface area contributed by atoms with Crippen molar-refractivity contribution in [3.8, 4) is 5.69 Å². The van der Waals surface area contributed by atoms with Gasteiger partial charge in [0.25, 0.3) is 0 Å². The Hall–Kier alpha value is -2.50. The Morgan fingerprint density at radius 2 is 2.08 bits per heavy atom. The molecule has 1 heterocycles. The monoisotopic (exact) mass is 326 g/mol. The Morgan fingerprint density at radius 3 is 2.71 bits per heavy atom. The van der Waals surface area contributed by atoms with E-state index >= 15 is 0 Å². The van der Waals surface area contributed by atoms with E-state index in [9.17, 15) is 9.59 Å². The highest BCUT2D eigenvalue weighted by molar-refractivity contribution is 5.86. The molecule has 1 aliphatic carbocycles. The van der Waals surface area contributed by atoms with E-state index in [1.165, 1.54) is 0 Å². The zero-order valence-corrected chi connectivity index (χ0v) is 14.0. The lowest BCUT2D eigenvalue weighted by molar-refractivity contribution is -0.131. The van der Waals surface area contributed by atoms with Crippen LogP contribution in [0.3, 0.4) is 0 Å². The number of aromatic nitrogens is 3. The van der Waals surface area contributed by atoms with Gasteiger partial charge in [0.05, 0.1) is 24.1 Å². The minimum Gasteiger partial charge on any atom is -0.349 e. The number of amides is 1. The van der Waals surface area contributed by atoms with Gasteiger partial charge < -0.3 is 5.32 Å². The van der Waals surface area contributed by atoms with E-state index in [-0.39, 0.29) is 29.6 Å². The molecule has 0 spiro atoms. The van der Waals surface area contributed by atoms with E-state index in [1.807, 2.05) is 38.1 Å². The summed E-state index contributed by atoms with van der Waals surface area (Å²) in [6.07, 6.45) is 5.24. The summed E-state index contributed by atoms with van der Waals surface area (Å²) in [7, 11) is 0. The predicted octanol–water partition coefficient (Wildman–Crippen LogP) is 2.45. The molecule has 1 N–H and O–H groups in total. The molecule has 1 aromatic heterocycles. The lowest BCUT2D eigenvalue weighted by atomic mass is 9.81. The van der Waals surface area contributed by atoms with Gasteiger partial charge in [0.2, 0.25) is 5.91 Å². The van der Waals surface area contributed by atoms with Crippen molar-refractivity contribution in [2.45, 2.75) is 39.2 Å². The summed E-state index contributed by atoms with van der Waals surface area (Å²) < 4.78 is 1.69. The third-order valence-electron chi connectivity index (χ3n) is 4.74. The average Bonchev–Trinajstić information content (AvgIpc) is 3.12. The van der Waals surface area contributed by atoms with Crippen molar-refractivity contribution in [2.75, 3.05) is 0 Å². The number of carbonyl (C=O) groups excluding carboxylic acids is 2. The molecule has 0 aliphatic heterocycles. The molecule has 2 aromatic rings. The molecule has 1 amide bonds. The first kappa shape index (κ1) is 16.4. The van der Waals surface area contributed by atoms with E-state index in [0.29, 0.717) is 19.3 Å². The van der Waals surface area contributed by atoms with Gasteiger partial charge in [0.15, 0.2) is 0 Å². The molecule has 1 saturated carbocycles. The van der Waals surface area contributed by atoms with Gasteiger partial charge >= 0.3 is 0 Å². The highest BCUT2D eigenvalue weighted by Crippen LogP contribution is 2.27. The summed E-state index contributed by atoms with van der Waals surface area (Å²) in [4.78, 5) is 24.0. The number of Topliss-reactive ketones (excluding diaryl/α,β-unsaturated/α-hetero) is 1. The molecule has 126 valence electrons. The molecule has 0 saturated heterocycles. The molecular weight excluding hydrogens is 304 g/mol. The Labute approximate surface area is 141 Å². The van der Waals surface area contributed by atoms with Crippen LogP contribution in [0.25, 0.3) is 5.69 Å². The zero-order chi connectivity index (χ0) is 17.1. The smallest absolute Gasteiger partial charge is 0.223 e. The highest BCUT2D eigenvalue weighted by atomic mass is 16.2. The van der Waals surface area contributed by atoms with Crippen LogP contribution in [0.5, 0.6) is 0 Å². The maximum atomic E-state index is 12.4. The SMILES string of the molecule is CC1CC(C(=O)NC(C)c2ccc(-n3ccnn3)cc2)CCC1=O. The molecule has 24 heavy (non-hydrogen) atoms. The Kier molecular flexibility index (Phi) is 4.74. The van der Waals surface area contributed by atoms with Crippen molar-refractivity contribution in [1.82, 2.24) is 20.3 Å². The summed E-state index contributed by atoms with van der Waals surface area (Å²) >= 11 is 0. The number of ketones is 1. The van der Waals surface area contributed by atoms with Gasteiger partial charge in [-0.3, -0.25) is 9.59 Å². The summed E-state index contributed by atoms with van der Waals surface area (Å²) in [6, 6.07) is 7.79. The molecular formula is C18H22N4O2. The van der Waals surface area contributed by atoms with Crippen molar-refractivity contribution in [3.63, 3.8) is 0 Å². The van der Waals surface area contributed by atoms with Gasteiger partial charge in [-0.2, -0.15) is 0 Å². The number of carbonyl (C=O) groups is 2. The van der Waals surface area contributed by atoms with Crippen molar-refractivity contribution in [2.24, 2.45) is 11.8 Å². The predicted molar refractivity (Wildman–Crippen MR) is 89.4 cm³/mol. The molecule has 6 nitrogen and oxygen atoms in total. The van der Waals surface area contributed by atoms with Crippen molar-refractivity contribution < 1.29 is 9.59 Å². The normalized spacial score (nSPS) is 22.2. The fraction of sp³-hybridized carbons (Fsp3) is 0.444. The summed E-state index contributed by atoms with van der Waals surface area (Å²) in [5.74, 6) is 0.249. The second kappa shape index (κ2) is 6.95. The molecule has 3 atom stereocenters. The molecule has 1 aromatic carbocycles. The van der Waals surface area contributed by atoms with Gasteiger partial charge in [-0.05, 0) is 37.5 Å². The van der Waals surface area contributed by atoms with Crippen LogP contribution < -0.4 is 5.32 Å². The van der Waals surface area contributed by atoms with E-state index in [2.05, 4.69) is 15.6 Å². The van der Waals surface area contributed by atoms with Gasteiger partial charge in [-0.15, -0.1) is 5.10 Å². The second-order valence-corrected chi connectivity index (χ2v) is 6.51. The first-order valence-corrected chi connectivity index (χ1v) is 8.34. The van der Waals surface area contributed by atoms with Crippen molar-refractivity contribution in [1.29, 1.82) is 0 Å². The third kappa shape index (κ3) is 3.53. The number of rotatable bonds is 4. The fourth-order valence-electron chi connectivity index (χ4n) is 3.15. The van der Waals surface area contributed by atoms with Crippen molar-refractivity contribution in [3.05, 3.63) is 42.2 Å². The van der Waals surface area contributed by atoms with Crippen LogP contribution in [-0.4, -0.2) is 26.7 Å². The van der Waals surface area contributed by atoms with Crippen LogP contribution in [0.15, 0.2) is 36.7 Å². The van der Waals surface area contributed by atoms with Crippen LogP contribution >= 0.6 is 0 Å². The topological polar surface area (TPSA) is 76.9 Å². The number of nitrogens with zero attached hydrogens (tertiary/aromatic N) is 3. The standard InChI is InChI=1S/C18H22N4O2/c1-12-11-15(5-8-17(12)23)18(24)20-13(2)14-3-6-16(7-4-14)22-10-9-19-21-22/h3-4,6-7,9-10,12-13,15H,5,8,11H2,1-2H3,(H,20,24). The Balaban J connectivity index is 1.61. The van der Waals surface area contributed by atoms with Crippen LogP contribution in [-0.2, 0) is 9.59 Å². The zero-order valence-electron chi connectivity index (χ0n) is 14.0. The van der Waals surface area contributed by atoms with Crippen LogP contribution in [0.4, 0.5) is 0 Å². The number of benzene rings is 1. The molecule has 0 bridgehead atoms. The van der Waals surface area contributed by atoms with E-state index in [4.69, 9.17) is 0 Å². The fourth-order valence-corrected chi connectivity index (χ4v) is 3.15. The third-order valence-corrected chi connectivity index (χ3v) is 4.74. The molecule has 6 heteroatoms. The summed E-state index contributed by atoms with van der Waals surface area (Å²) in [6.45, 7) is 3.88. The van der Waals surface area contributed by atoms with E-state index < -0.39 is 0 Å². The summed E-state index contributed by atoms with van der Waals surface area (Å²) in [5.41, 5.74) is 1.96. The minimum absolute atomic E-state index is 0.00762. The number of hydrogen-bond acceptors (Lipinski definition) is 4. The maximum absolute atomic E-state index is 12.4. The molecule has 1 fully saturated rings. The average molecular weight is 326 g/mol. The Bertz CT molecular complexity index is 709. The summed E-state index contributed by atoms with van der Waals surface area (Å²) in [5, 5.41) is 10.8. The molecule has 1 aliphatic rings. The number of nitrogens with one attached hydrogen (secondary N) is 1. The van der Waals surface area contributed by atoms with Gasteiger partial charge in [-0.1, -0.05) is 24.3 Å². The number of hydrogen-bond donors (Lipinski definition) is 1. The molecule has 3 rings (SSSR count). The van der Waals surface area contributed by atoms with Crippen LogP contribution in [0.2, 0.25) is 0 Å². The van der Waals surface area contributed by atoms with E-state index in [1.54, 1.807) is 17.1 Å². The lowest BCUT2D eigenvalue weighted by Gasteiger charge is -2.26. The highest BCUT2D eigenvalue weighted by Gasteiger charge is 2.30. The molecule has 3 unspecified atom stereocenters. The maximum Gasteiger partial charge on any atom is 0.223 e. The first-order chi connectivity index (χ1) is 11.5.